The highest BCUT2D eigenvalue weighted by molar-refractivity contribution is 5.99. The first-order valence-corrected chi connectivity index (χ1v) is 7.12. The lowest BCUT2D eigenvalue weighted by Gasteiger charge is -2.30. The van der Waals surface area contributed by atoms with Gasteiger partial charge in [0.25, 0.3) is 0 Å². The van der Waals surface area contributed by atoms with E-state index < -0.39 is 0 Å². The third-order valence-electron chi connectivity index (χ3n) is 4.11. The van der Waals surface area contributed by atoms with Gasteiger partial charge >= 0.3 is 0 Å². The zero-order chi connectivity index (χ0) is 13.6. The molecule has 0 unspecified atom stereocenters. The first-order valence-electron chi connectivity index (χ1n) is 7.12. The average Bonchev–Trinajstić information content (AvgIpc) is 2.78. The highest BCUT2D eigenvalue weighted by atomic mass is 16.1. The van der Waals surface area contributed by atoms with Crippen molar-refractivity contribution in [3.63, 3.8) is 0 Å². The molecule has 0 atom stereocenters. The quantitative estimate of drug-likeness (QED) is 0.777. The monoisotopic (exact) mass is 259 g/mol. The molecule has 1 aliphatic carbocycles. The van der Waals surface area contributed by atoms with Crippen LogP contribution in [0, 0.1) is 12.3 Å². The predicted molar refractivity (Wildman–Crippen MR) is 74.6 cm³/mol. The summed E-state index contributed by atoms with van der Waals surface area (Å²) in [5.74, 6) is 1.02. The van der Waals surface area contributed by atoms with Crippen molar-refractivity contribution in [3.8, 4) is 0 Å². The minimum Gasteiger partial charge on any atom is -0.341 e. The number of hydrogen-bond donors (Lipinski definition) is 0. The number of rotatable bonds is 1. The van der Waals surface area contributed by atoms with Crippen molar-refractivity contribution >= 4 is 11.7 Å². The van der Waals surface area contributed by atoms with Crippen LogP contribution in [0.15, 0.2) is 0 Å². The third-order valence-corrected chi connectivity index (χ3v) is 4.11. The van der Waals surface area contributed by atoms with Crippen molar-refractivity contribution in [2.75, 3.05) is 18.0 Å². The number of hydrogen-bond acceptors (Lipinski definition) is 4. The molecule has 3 rings (SSSR count). The van der Waals surface area contributed by atoms with Crippen LogP contribution in [0.25, 0.3) is 0 Å². The van der Waals surface area contributed by atoms with E-state index in [1.165, 1.54) is 12.8 Å². The summed E-state index contributed by atoms with van der Waals surface area (Å²) in [6, 6.07) is 0. The Labute approximate surface area is 114 Å². The number of nitrogens with zero attached hydrogens (tertiary/aromatic N) is 3. The third kappa shape index (κ3) is 2.24. The number of Topliss-reactive ketones (excluding diaryl/α,β-unsaturated/α-hetero) is 1. The zero-order valence-corrected chi connectivity index (χ0v) is 12.0. The van der Waals surface area contributed by atoms with Crippen molar-refractivity contribution in [3.05, 3.63) is 17.0 Å². The van der Waals surface area contributed by atoms with Gasteiger partial charge in [-0.1, -0.05) is 13.8 Å². The maximum Gasteiger partial charge on any atom is 0.225 e. The van der Waals surface area contributed by atoms with Gasteiger partial charge in [-0.3, -0.25) is 4.79 Å². The lowest BCUT2D eigenvalue weighted by Crippen LogP contribution is -2.31. The summed E-state index contributed by atoms with van der Waals surface area (Å²) < 4.78 is 0. The van der Waals surface area contributed by atoms with Crippen molar-refractivity contribution in [1.29, 1.82) is 0 Å². The standard InChI is InChI=1S/C15H21N3O/c1-10-13-11(8-15(2,3)9-12(13)19)17-14(16-10)18-6-4-5-7-18/h4-9H2,1-3H3. The van der Waals surface area contributed by atoms with E-state index in [4.69, 9.17) is 4.98 Å². The predicted octanol–water partition coefficient (Wildman–Crippen LogP) is 2.54. The van der Waals surface area contributed by atoms with Gasteiger partial charge in [-0.15, -0.1) is 0 Å². The van der Waals surface area contributed by atoms with E-state index in [2.05, 4.69) is 23.7 Å². The second-order valence-electron chi connectivity index (χ2n) is 6.57. The van der Waals surface area contributed by atoms with Crippen LogP contribution in [0.1, 0.15) is 54.9 Å². The van der Waals surface area contributed by atoms with Gasteiger partial charge in [-0.25, -0.2) is 9.97 Å². The van der Waals surface area contributed by atoms with E-state index in [1.807, 2.05) is 6.92 Å². The summed E-state index contributed by atoms with van der Waals surface area (Å²) in [5, 5.41) is 0. The highest BCUT2D eigenvalue weighted by Gasteiger charge is 2.34. The average molecular weight is 259 g/mol. The first kappa shape index (κ1) is 12.6. The number of aromatic nitrogens is 2. The summed E-state index contributed by atoms with van der Waals surface area (Å²) in [4.78, 5) is 23.8. The van der Waals surface area contributed by atoms with Gasteiger partial charge < -0.3 is 4.90 Å². The largest absolute Gasteiger partial charge is 0.341 e. The molecule has 19 heavy (non-hydrogen) atoms. The number of ketones is 1. The van der Waals surface area contributed by atoms with Gasteiger partial charge in [0.1, 0.15) is 0 Å². The lowest BCUT2D eigenvalue weighted by molar-refractivity contribution is 0.0909. The van der Waals surface area contributed by atoms with Crippen LogP contribution in [-0.2, 0) is 6.42 Å². The minimum absolute atomic E-state index is 0.0210. The second-order valence-corrected chi connectivity index (χ2v) is 6.57. The molecule has 1 aromatic heterocycles. The summed E-state index contributed by atoms with van der Waals surface area (Å²) >= 11 is 0. The van der Waals surface area contributed by atoms with Crippen LogP contribution in [-0.4, -0.2) is 28.8 Å². The van der Waals surface area contributed by atoms with Gasteiger partial charge in [0, 0.05) is 19.5 Å². The Morgan fingerprint density at radius 1 is 1.11 bits per heavy atom. The molecule has 1 aromatic rings. The molecule has 0 spiro atoms. The molecule has 0 aromatic carbocycles. The molecule has 0 amide bonds. The van der Waals surface area contributed by atoms with Gasteiger partial charge in [0.2, 0.25) is 5.95 Å². The van der Waals surface area contributed by atoms with Crippen LogP contribution >= 0.6 is 0 Å². The Kier molecular flexibility index (Phi) is 2.84. The molecule has 0 saturated carbocycles. The fourth-order valence-electron chi connectivity index (χ4n) is 3.20. The molecule has 4 heteroatoms. The Hall–Kier alpha value is -1.45. The second kappa shape index (κ2) is 4.29. The fourth-order valence-corrected chi connectivity index (χ4v) is 3.20. The first-order chi connectivity index (χ1) is 8.96. The molecule has 4 nitrogen and oxygen atoms in total. The van der Waals surface area contributed by atoms with Crippen molar-refractivity contribution < 1.29 is 4.79 Å². The Morgan fingerprint density at radius 2 is 1.79 bits per heavy atom. The van der Waals surface area contributed by atoms with Gasteiger partial charge in [-0.05, 0) is 31.6 Å². The van der Waals surface area contributed by atoms with E-state index in [0.29, 0.717) is 6.42 Å². The Balaban J connectivity index is 2.05. The topological polar surface area (TPSA) is 46.1 Å². The molecular formula is C15H21N3O. The smallest absolute Gasteiger partial charge is 0.225 e. The fraction of sp³-hybridized carbons (Fsp3) is 0.667. The van der Waals surface area contributed by atoms with Crippen molar-refractivity contribution in [2.24, 2.45) is 5.41 Å². The van der Waals surface area contributed by atoms with Crippen LogP contribution in [0.5, 0.6) is 0 Å². The van der Waals surface area contributed by atoms with E-state index in [9.17, 15) is 4.79 Å². The molecule has 1 aliphatic heterocycles. The maximum atomic E-state index is 12.3. The summed E-state index contributed by atoms with van der Waals surface area (Å²) in [6.45, 7) is 8.29. The summed E-state index contributed by atoms with van der Waals surface area (Å²) in [6.07, 6.45) is 3.90. The molecule has 0 N–H and O–H groups in total. The lowest BCUT2D eigenvalue weighted by atomic mass is 9.75. The van der Waals surface area contributed by atoms with Crippen LogP contribution in [0.3, 0.4) is 0 Å². The normalized spacial score (nSPS) is 21.6. The SMILES string of the molecule is Cc1nc(N2CCCC2)nc2c1C(=O)CC(C)(C)C2. The number of aryl methyl sites for hydroxylation is 1. The number of carbonyl (C=O) groups is 1. The van der Waals surface area contributed by atoms with Crippen molar-refractivity contribution in [1.82, 2.24) is 9.97 Å². The van der Waals surface area contributed by atoms with E-state index >= 15 is 0 Å². The molecule has 0 radical (unpaired) electrons. The maximum absolute atomic E-state index is 12.3. The van der Waals surface area contributed by atoms with E-state index in [-0.39, 0.29) is 11.2 Å². The van der Waals surface area contributed by atoms with Gasteiger partial charge in [0.15, 0.2) is 5.78 Å². The molecular weight excluding hydrogens is 238 g/mol. The van der Waals surface area contributed by atoms with Crippen LogP contribution in [0.4, 0.5) is 5.95 Å². The van der Waals surface area contributed by atoms with Gasteiger partial charge in [0.05, 0.1) is 17.0 Å². The van der Waals surface area contributed by atoms with E-state index in [1.54, 1.807) is 0 Å². The number of carbonyl (C=O) groups excluding carboxylic acids is 1. The molecule has 0 bridgehead atoms. The molecule has 2 heterocycles. The molecule has 102 valence electrons. The Morgan fingerprint density at radius 3 is 2.47 bits per heavy atom. The summed E-state index contributed by atoms with van der Waals surface area (Å²) in [5.41, 5.74) is 2.61. The zero-order valence-electron chi connectivity index (χ0n) is 12.0. The van der Waals surface area contributed by atoms with Crippen molar-refractivity contribution in [2.45, 2.75) is 46.5 Å². The minimum atomic E-state index is 0.0210. The van der Waals surface area contributed by atoms with Crippen LogP contribution < -0.4 is 4.90 Å². The molecule has 1 fully saturated rings. The highest BCUT2D eigenvalue weighted by Crippen LogP contribution is 2.35. The van der Waals surface area contributed by atoms with Gasteiger partial charge in [-0.2, -0.15) is 0 Å². The number of anilines is 1. The molecule has 2 aliphatic rings. The van der Waals surface area contributed by atoms with Crippen LogP contribution in [0.2, 0.25) is 0 Å². The summed E-state index contributed by atoms with van der Waals surface area (Å²) in [7, 11) is 0. The van der Waals surface area contributed by atoms with E-state index in [0.717, 1.165) is 42.4 Å². The Bertz CT molecular complexity index is 530. The molecule has 1 saturated heterocycles. The number of fused-ring (bicyclic) bond motifs is 1.